The van der Waals surface area contributed by atoms with Gasteiger partial charge in [-0.3, -0.25) is 5.10 Å². The zero-order valence-electron chi connectivity index (χ0n) is 5.85. The lowest BCUT2D eigenvalue weighted by Crippen LogP contribution is -2.17. The van der Waals surface area contributed by atoms with E-state index in [1.807, 2.05) is 0 Å². The molecule has 10 heavy (non-hydrogen) atoms. The van der Waals surface area contributed by atoms with E-state index in [-0.39, 0.29) is 5.69 Å². The molecule has 1 heterocycles. The summed E-state index contributed by atoms with van der Waals surface area (Å²) in [5.74, 6) is -0.507. The smallest absolute Gasteiger partial charge is 0.166 e. The molecule has 0 aliphatic heterocycles. The van der Waals surface area contributed by atoms with Gasteiger partial charge < -0.3 is 5.11 Å². The molecule has 56 valence electrons. The van der Waals surface area contributed by atoms with Crippen LogP contribution in [0.2, 0.25) is 0 Å². The van der Waals surface area contributed by atoms with E-state index >= 15 is 0 Å². The fourth-order valence-corrected chi connectivity index (χ4v) is 0.700. The molecule has 0 aromatic carbocycles. The minimum Gasteiger partial charge on any atom is -0.384 e. The van der Waals surface area contributed by atoms with Crippen molar-refractivity contribution in [3.05, 3.63) is 17.7 Å². The normalized spacial score (nSPS) is 12.0. The summed E-state index contributed by atoms with van der Waals surface area (Å²) in [5.41, 5.74) is -1.06. The van der Waals surface area contributed by atoms with Gasteiger partial charge in [0.15, 0.2) is 5.82 Å². The van der Waals surface area contributed by atoms with Gasteiger partial charge in [0.25, 0.3) is 0 Å². The summed E-state index contributed by atoms with van der Waals surface area (Å²) in [4.78, 5) is 0. The Morgan fingerprint density at radius 3 is 2.50 bits per heavy atom. The van der Waals surface area contributed by atoms with E-state index in [1.165, 1.54) is 13.8 Å². The Bertz CT molecular complexity index is 226. The molecule has 1 aromatic rings. The Morgan fingerprint density at radius 1 is 1.70 bits per heavy atom. The second-order valence-corrected chi connectivity index (χ2v) is 2.65. The molecule has 1 rings (SSSR count). The molecule has 0 saturated heterocycles. The summed E-state index contributed by atoms with van der Waals surface area (Å²) in [6.07, 6.45) is 1.04. The average Bonchev–Trinajstić information content (AvgIpc) is 2.11. The molecule has 0 atom stereocenters. The minimum atomic E-state index is -1.18. The fourth-order valence-electron chi connectivity index (χ4n) is 0.700. The van der Waals surface area contributed by atoms with Gasteiger partial charge in [0.05, 0.1) is 6.20 Å². The number of H-pyrrole nitrogens is 1. The zero-order chi connectivity index (χ0) is 7.78. The third kappa shape index (κ3) is 1.16. The van der Waals surface area contributed by atoms with Gasteiger partial charge in [-0.25, -0.2) is 4.39 Å². The quantitative estimate of drug-likeness (QED) is 0.611. The number of rotatable bonds is 1. The van der Waals surface area contributed by atoms with E-state index in [2.05, 4.69) is 10.2 Å². The van der Waals surface area contributed by atoms with Crippen molar-refractivity contribution in [2.75, 3.05) is 0 Å². The van der Waals surface area contributed by atoms with Crippen molar-refractivity contribution >= 4 is 0 Å². The molecule has 0 aliphatic carbocycles. The number of nitrogens with one attached hydrogen (secondary N) is 1. The highest BCUT2D eigenvalue weighted by Crippen LogP contribution is 2.18. The van der Waals surface area contributed by atoms with Gasteiger partial charge in [0.2, 0.25) is 0 Å². The highest BCUT2D eigenvalue weighted by Gasteiger charge is 2.21. The van der Waals surface area contributed by atoms with Crippen molar-refractivity contribution in [2.45, 2.75) is 19.4 Å². The van der Waals surface area contributed by atoms with Crippen LogP contribution in [0.25, 0.3) is 0 Å². The first-order chi connectivity index (χ1) is 4.52. The first-order valence-electron chi connectivity index (χ1n) is 2.93. The topological polar surface area (TPSA) is 48.9 Å². The number of hydrogen-bond donors (Lipinski definition) is 2. The van der Waals surface area contributed by atoms with Crippen molar-refractivity contribution in [3.8, 4) is 0 Å². The minimum absolute atomic E-state index is 0.118. The van der Waals surface area contributed by atoms with Gasteiger partial charge in [0, 0.05) is 0 Å². The van der Waals surface area contributed by atoms with E-state index in [1.54, 1.807) is 0 Å². The molecule has 1 aromatic heterocycles. The fraction of sp³-hybridized carbons (Fsp3) is 0.500. The number of halogens is 1. The molecule has 0 aliphatic rings. The predicted molar refractivity (Wildman–Crippen MR) is 33.8 cm³/mol. The van der Waals surface area contributed by atoms with Crippen LogP contribution < -0.4 is 0 Å². The van der Waals surface area contributed by atoms with Crippen LogP contribution in [-0.4, -0.2) is 15.3 Å². The molecule has 0 unspecified atom stereocenters. The molecule has 0 radical (unpaired) electrons. The average molecular weight is 144 g/mol. The molecule has 2 N–H and O–H groups in total. The third-order valence-electron chi connectivity index (χ3n) is 1.20. The van der Waals surface area contributed by atoms with Gasteiger partial charge in [-0.1, -0.05) is 0 Å². The molecule has 0 spiro atoms. The van der Waals surface area contributed by atoms with Crippen LogP contribution in [0, 0.1) is 5.82 Å². The molecule has 0 fully saturated rings. The Balaban J connectivity index is 3.05. The van der Waals surface area contributed by atoms with Crippen LogP contribution >= 0.6 is 0 Å². The van der Waals surface area contributed by atoms with E-state index in [0.717, 1.165) is 6.20 Å². The summed E-state index contributed by atoms with van der Waals surface area (Å²) < 4.78 is 12.6. The largest absolute Gasteiger partial charge is 0.384 e. The lowest BCUT2D eigenvalue weighted by atomic mass is 10.1. The van der Waals surface area contributed by atoms with Crippen LogP contribution in [0.5, 0.6) is 0 Å². The van der Waals surface area contributed by atoms with Crippen LogP contribution in [-0.2, 0) is 5.60 Å². The standard InChI is InChI=1S/C6H9FN2O/c1-6(2,10)5-4(7)3-8-9-5/h3,10H,1-2H3,(H,8,9). The number of nitrogens with zero attached hydrogens (tertiary/aromatic N) is 1. The number of aliphatic hydroxyl groups is 1. The van der Waals surface area contributed by atoms with Crippen LogP contribution in [0.1, 0.15) is 19.5 Å². The van der Waals surface area contributed by atoms with Crippen LogP contribution in [0.15, 0.2) is 6.20 Å². The van der Waals surface area contributed by atoms with Gasteiger partial charge in [-0.15, -0.1) is 0 Å². The Hall–Kier alpha value is -0.900. The summed E-state index contributed by atoms with van der Waals surface area (Å²) in [6.45, 7) is 2.98. The lowest BCUT2D eigenvalue weighted by Gasteiger charge is -2.13. The second kappa shape index (κ2) is 2.05. The summed E-state index contributed by atoms with van der Waals surface area (Å²) in [5, 5.41) is 15.0. The summed E-state index contributed by atoms with van der Waals surface area (Å²) in [6, 6.07) is 0. The number of aromatic nitrogens is 2. The maximum absolute atomic E-state index is 12.6. The predicted octanol–water partition coefficient (Wildman–Crippen LogP) is 0.776. The second-order valence-electron chi connectivity index (χ2n) is 2.65. The SMILES string of the molecule is CC(C)(O)c1[nH]ncc1F. The van der Waals surface area contributed by atoms with Crippen molar-refractivity contribution < 1.29 is 9.50 Å². The highest BCUT2D eigenvalue weighted by atomic mass is 19.1. The molecule has 0 bridgehead atoms. The molecule has 3 nitrogen and oxygen atoms in total. The first kappa shape index (κ1) is 7.21. The summed E-state index contributed by atoms with van der Waals surface area (Å²) in [7, 11) is 0. The van der Waals surface area contributed by atoms with Crippen molar-refractivity contribution in [1.82, 2.24) is 10.2 Å². The number of aromatic amines is 1. The van der Waals surface area contributed by atoms with E-state index in [4.69, 9.17) is 0 Å². The maximum atomic E-state index is 12.6. The molecule has 0 saturated carbocycles. The molecule has 4 heteroatoms. The first-order valence-corrected chi connectivity index (χ1v) is 2.93. The summed E-state index contributed by atoms with van der Waals surface area (Å²) >= 11 is 0. The van der Waals surface area contributed by atoms with Crippen molar-refractivity contribution in [1.29, 1.82) is 0 Å². The van der Waals surface area contributed by atoms with E-state index in [0.29, 0.717) is 0 Å². The third-order valence-corrected chi connectivity index (χ3v) is 1.20. The lowest BCUT2D eigenvalue weighted by molar-refractivity contribution is 0.0698. The van der Waals surface area contributed by atoms with Gasteiger partial charge in [0.1, 0.15) is 11.3 Å². The van der Waals surface area contributed by atoms with Crippen LogP contribution in [0.4, 0.5) is 4.39 Å². The highest BCUT2D eigenvalue weighted by molar-refractivity contribution is 5.09. The van der Waals surface area contributed by atoms with Gasteiger partial charge >= 0.3 is 0 Å². The molecule has 0 amide bonds. The van der Waals surface area contributed by atoms with Gasteiger partial charge in [-0.05, 0) is 13.8 Å². The molecular weight excluding hydrogens is 135 g/mol. The Morgan fingerprint density at radius 2 is 2.30 bits per heavy atom. The van der Waals surface area contributed by atoms with E-state index in [9.17, 15) is 9.50 Å². The van der Waals surface area contributed by atoms with E-state index < -0.39 is 11.4 Å². The van der Waals surface area contributed by atoms with Crippen molar-refractivity contribution in [2.24, 2.45) is 0 Å². The Kier molecular flexibility index (Phi) is 1.48. The van der Waals surface area contributed by atoms with Crippen LogP contribution in [0.3, 0.4) is 0 Å². The maximum Gasteiger partial charge on any atom is 0.166 e. The monoisotopic (exact) mass is 144 g/mol. The zero-order valence-corrected chi connectivity index (χ0v) is 5.85. The van der Waals surface area contributed by atoms with Crippen molar-refractivity contribution in [3.63, 3.8) is 0 Å². The van der Waals surface area contributed by atoms with Gasteiger partial charge in [-0.2, -0.15) is 5.10 Å². The Labute approximate surface area is 57.9 Å². The molecular formula is C6H9FN2O. The number of hydrogen-bond acceptors (Lipinski definition) is 2.